The summed E-state index contributed by atoms with van der Waals surface area (Å²) in [6, 6.07) is 9.93. The number of hydrogen-bond donors (Lipinski definition) is 1. The van der Waals surface area contributed by atoms with Crippen LogP contribution in [-0.2, 0) is 6.42 Å². The Balaban J connectivity index is 2.13. The second-order valence-electron chi connectivity index (χ2n) is 4.51. The van der Waals surface area contributed by atoms with Gasteiger partial charge in [0, 0.05) is 11.8 Å². The van der Waals surface area contributed by atoms with Crippen molar-refractivity contribution in [2.45, 2.75) is 12.8 Å². The number of nitrogen functional groups attached to an aromatic ring is 1. The second-order valence-corrected chi connectivity index (χ2v) is 4.51. The van der Waals surface area contributed by atoms with E-state index in [-0.39, 0.29) is 5.82 Å². The lowest BCUT2D eigenvalue weighted by Gasteiger charge is -2.18. The van der Waals surface area contributed by atoms with Crippen molar-refractivity contribution in [2.24, 2.45) is 0 Å². The molecule has 1 aliphatic heterocycles. The van der Waals surface area contributed by atoms with E-state index in [0.717, 1.165) is 36.3 Å². The summed E-state index contributed by atoms with van der Waals surface area (Å²) in [4.78, 5) is 3.95. The number of benzene rings is 1. The van der Waals surface area contributed by atoms with E-state index in [0.29, 0.717) is 5.56 Å². The Labute approximate surface area is 111 Å². The molecule has 0 saturated carbocycles. The molecule has 19 heavy (non-hydrogen) atoms. The van der Waals surface area contributed by atoms with E-state index in [1.807, 2.05) is 18.2 Å². The summed E-state index contributed by atoms with van der Waals surface area (Å²) < 4.78 is 5.59. The summed E-state index contributed by atoms with van der Waals surface area (Å²) in [5.41, 5.74) is 9.17. The van der Waals surface area contributed by atoms with Gasteiger partial charge in [-0.3, -0.25) is 0 Å². The zero-order valence-electron chi connectivity index (χ0n) is 10.4. The number of ether oxygens (including phenoxy) is 1. The monoisotopic (exact) mass is 251 g/mol. The minimum atomic E-state index is 0.272. The van der Waals surface area contributed by atoms with Gasteiger partial charge in [0.25, 0.3) is 0 Å². The summed E-state index contributed by atoms with van der Waals surface area (Å²) >= 11 is 0. The standard InChI is InChI=1S/C15H13N3O/c16-9-13-12(5-6-18-15(13)17)10-3-4-14-11(8-10)2-1-7-19-14/h3-6,8H,1-2,7H2,(H2,17,18). The molecule has 4 nitrogen and oxygen atoms in total. The highest BCUT2D eigenvalue weighted by Gasteiger charge is 2.14. The van der Waals surface area contributed by atoms with Crippen LogP contribution in [0.25, 0.3) is 11.1 Å². The third-order valence-electron chi connectivity index (χ3n) is 3.31. The Bertz CT molecular complexity index is 674. The predicted molar refractivity (Wildman–Crippen MR) is 72.6 cm³/mol. The van der Waals surface area contributed by atoms with Gasteiger partial charge < -0.3 is 10.5 Å². The van der Waals surface area contributed by atoms with Gasteiger partial charge in [0.05, 0.1) is 6.61 Å². The van der Waals surface area contributed by atoms with Crippen LogP contribution in [0.5, 0.6) is 5.75 Å². The Hall–Kier alpha value is -2.54. The average molecular weight is 251 g/mol. The molecule has 0 spiro atoms. The minimum Gasteiger partial charge on any atom is -0.493 e. The third-order valence-corrected chi connectivity index (χ3v) is 3.31. The van der Waals surface area contributed by atoms with E-state index in [4.69, 9.17) is 10.5 Å². The molecule has 0 amide bonds. The van der Waals surface area contributed by atoms with E-state index in [1.165, 1.54) is 5.56 Å². The molecule has 94 valence electrons. The topological polar surface area (TPSA) is 71.9 Å². The SMILES string of the molecule is N#Cc1c(-c2ccc3c(c2)CCCO3)ccnc1N. The lowest BCUT2D eigenvalue weighted by atomic mass is 9.97. The number of pyridine rings is 1. The lowest BCUT2D eigenvalue weighted by Crippen LogP contribution is -2.08. The molecule has 2 N–H and O–H groups in total. The number of aryl methyl sites for hydroxylation is 1. The Morgan fingerprint density at radius 1 is 1.32 bits per heavy atom. The van der Waals surface area contributed by atoms with Gasteiger partial charge in [0.15, 0.2) is 0 Å². The number of nitrogens with zero attached hydrogens (tertiary/aromatic N) is 2. The Kier molecular flexibility index (Phi) is 2.81. The summed E-state index contributed by atoms with van der Waals surface area (Å²) in [7, 11) is 0. The summed E-state index contributed by atoms with van der Waals surface area (Å²) in [5, 5.41) is 9.20. The molecule has 3 rings (SSSR count). The first-order valence-corrected chi connectivity index (χ1v) is 6.20. The average Bonchev–Trinajstić information content (AvgIpc) is 2.46. The maximum absolute atomic E-state index is 9.20. The van der Waals surface area contributed by atoms with Crippen LogP contribution in [0.4, 0.5) is 5.82 Å². The van der Waals surface area contributed by atoms with Gasteiger partial charge in [-0.1, -0.05) is 6.07 Å². The normalized spacial score (nSPS) is 13.2. The molecule has 1 aromatic heterocycles. The van der Waals surface area contributed by atoms with Gasteiger partial charge in [-0.2, -0.15) is 5.26 Å². The Morgan fingerprint density at radius 3 is 3.05 bits per heavy atom. The minimum absolute atomic E-state index is 0.272. The molecule has 0 saturated heterocycles. The van der Waals surface area contributed by atoms with Crippen molar-refractivity contribution in [2.75, 3.05) is 12.3 Å². The van der Waals surface area contributed by atoms with Crippen molar-refractivity contribution in [3.63, 3.8) is 0 Å². The van der Waals surface area contributed by atoms with E-state index in [9.17, 15) is 5.26 Å². The fraction of sp³-hybridized carbons (Fsp3) is 0.200. The van der Waals surface area contributed by atoms with Gasteiger partial charge in [0.2, 0.25) is 0 Å². The smallest absolute Gasteiger partial charge is 0.141 e. The highest BCUT2D eigenvalue weighted by molar-refractivity contribution is 5.76. The molecule has 0 fully saturated rings. The molecular formula is C15H13N3O. The highest BCUT2D eigenvalue weighted by Crippen LogP contribution is 2.32. The van der Waals surface area contributed by atoms with Crippen molar-refractivity contribution in [1.82, 2.24) is 4.98 Å². The van der Waals surface area contributed by atoms with Crippen LogP contribution in [0.1, 0.15) is 17.5 Å². The summed E-state index contributed by atoms with van der Waals surface area (Å²) in [5.74, 6) is 1.21. The first-order valence-electron chi connectivity index (χ1n) is 6.20. The van der Waals surface area contributed by atoms with Crippen LogP contribution in [0, 0.1) is 11.3 Å². The van der Waals surface area contributed by atoms with Crippen LogP contribution in [0.15, 0.2) is 30.5 Å². The molecule has 1 aromatic carbocycles. The molecule has 2 heterocycles. The number of aromatic nitrogens is 1. The van der Waals surface area contributed by atoms with E-state index in [2.05, 4.69) is 17.1 Å². The summed E-state index contributed by atoms with van der Waals surface area (Å²) in [6.07, 6.45) is 3.66. The first kappa shape index (κ1) is 11.5. The van der Waals surface area contributed by atoms with Crippen LogP contribution in [0.2, 0.25) is 0 Å². The molecule has 0 atom stereocenters. The predicted octanol–water partition coefficient (Wildman–Crippen LogP) is 2.53. The summed E-state index contributed by atoms with van der Waals surface area (Å²) in [6.45, 7) is 0.776. The highest BCUT2D eigenvalue weighted by atomic mass is 16.5. The molecule has 0 unspecified atom stereocenters. The number of nitriles is 1. The van der Waals surface area contributed by atoms with Gasteiger partial charge in [-0.25, -0.2) is 4.98 Å². The van der Waals surface area contributed by atoms with Crippen molar-refractivity contribution in [3.05, 3.63) is 41.6 Å². The van der Waals surface area contributed by atoms with E-state index >= 15 is 0 Å². The molecule has 2 aromatic rings. The fourth-order valence-electron chi connectivity index (χ4n) is 2.36. The zero-order valence-corrected chi connectivity index (χ0v) is 10.4. The molecule has 0 radical (unpaired) electrons. The largest absolute Gasteiger partial charge is 0.493 e. The first-order chi connectivity index (χ1) is 9.29. The fourth-order valence-corrected chi connectivity index (χ4v) is 2.36. The maximum Gasteiger partial charge on any atom is 0.141 e. The number of rotatable bonds is 1. The molecular weight excluding hydrogens is 238 g/mol. The lowest BCUT2D eigenvalue weighted by molar-refractivity contribution is 0.288. The molecule has 4 heteroatoms. The van der Waals surface area contributed by atoms with Gasteiger partial charge in [-0.05, 0) is 42.2 Å². The van der Waals surface area contributed by atoms with Crippen molar-refractivity contribution >= 4 is 5.82 Å². The van der Waals surface area contributed by atoms with Gasteiger partial charge >= 0.3 is 0 Å². The number of fused-ring (bicyclic) bond motifs is 1. The molecule has 1 aliphatic rings. The van der Waals surface area contributed by atoms with E-state index < -0.39 is 0 Å². The maximum atomic E-state index is 9.20. The zero-order chi connectivity index (χ0) is 13.2. The molecule has 0 aliphatic carbocycles. The van der Waals surface area contributed by atoms with Crippen LogP contribution < -0.4 is 10.5 Å². The second kappa shape index (κ2) is 4.62. The molecule has 0 bridgehead atoms. The number of anilines is 1. The van der Waals surface area contributed by atoms with Gasteiger partial charge in [-0.15, -0.1) is 0 Å². The van der Waals surface area contributed by atoms with Gasteiger partial charge in [0.1, 0.15) is 23.2 Å². The van der Waals surface area contributed by atoms with Crippen molar-refractivity contribution in [1.29, 1.82) is 5.26 Å². The van der Waals surface area contributed by atoms with Crippen molar-refractivity contribution in [3.8, 4) is 22.9 Å². The van der Waals surface area contributed by atoms with Crippen molar-refractivity contribution < 1.29 is 4.74 Å². The number of hydrogen-bond acceptors (Lipinski definition) is 4. The van der Waals surface area contributed by atoms with Crippen LogP contribution in [0.3, 0.4) is 0 Å². The van der Waals surface area contributed by atoms with Crippen LogP contribution in [-0.4, -0.2) is 11.6 Å². The quantitative estimate of drug-likeness (QED) is 0.845. The van der Waals surface area contributed by atoms with E-state index in [1.54, 1.807) is 6.20 Å². The third kappa shape index (κ3) is 2.00. The number of nitrogens with two attached hydrogens (primary N) is 1. The van der Waals surface area contributed by atoms with Crippen LogP contribution >= 0.6 is 0 Å². The Morgan fingerprint density at radius 2 is 2.21 bits per heavy atom.